The minimum atomic E-state index is -0.172. The molecule has 0 saturated heterocycles. The summed E-state index contributed by atoms with van der Waals surface area (Å²) in [5, 5.41) is 20.9. The van der Waals surface area contributed by atoms with Crippen LogP contribution in [0, 0.1) is 13.8 Å². The molecule has 0 aliphatic rings. The molecule has 96 valence electrons. The third-order valence-corrected chi connectivity index (χ3v) is 3.69. The standard InChI is InChI=1S/C12H20ClN3O/c1-5-12(4,6-7-17)14-11-9(3)8(2)10(13)15-16-11/h17H,5-7H2,1-4H3,(H,14,16). The van der Waals surface area contributed by atoms with E-state index in [-0.39, 0.29) is 12.1 Å². The van der Waals surface area contributed by atoms with Gasteiger partial charge in [0.1, 0.15) is 0 Å². The number of rotatable bonds is 5. The molecule has 1 atom stereocenters. The third kappa shape index (κ3) is 3.30. The smallest absolute Gasteiger partial charge is 0.155 e. The Labute approximate surface area is 107 Å². The number of anilines is 1. The van der Waals surface area contributed by atoms with Gasteiger partial charge in [-0.05, 0) is 44.7 Å². The number of hydrogen-bond donors (Lipinski definition) is 2. The Morgan fingerprint density at radius 2 is 1.94 bits per heavy atom. The van der Waals surface area contributed by atoms with E-state index in [4.69, 9.17) is 16.7 Å². The Hall–Kier alpha value is -0.870. The minimum absolute atomic E-state index is 0.149. The summed E-state index contributed by atoms with van der Waals surface area (Å²) in [7, 11) is 0. The van der Waals surface area contributed by atoms with Crippen molar-refractivity contribution in [1.82, 2.24) is 10.2 Å². The van der Waals surface area contributed by atoms with Crippen molar-refractivity contribution < 1.29 is 5.11 Å². The lowest BCUT2D eigenvalue weighted by Gasteiger charge is -2.30. The molecule has 2 N–H and O–H groups in total. The SMILES string of the molecule is CCC(C)(CCO)Nc1nnc(Cl)c(C)c1C. The molecule has 17 heavy (non-hydrogen) atoms. The number of hydrogen-bond acceptors (Lipinski definition) is 4. The van der Waals surface area contributed by atoms with Crippen molar-refractivity contribution in [3.8, 4) is 0 Å². The Kier molecular flexibility index (Phi) is 4.71. The van der Waals surface area contributed by atoms with E-state index in [9.17, 15) is 0 Å². The van der Waals surface area contributed by atoms with Crippen molar-refractivity contribution >= 4 is 17.4 Å². The summed E-state index contributed by atoms with van der Waals surface area (Å²) in [4.78, 5) is 0. The van der Waals surface area contributed by atoms with Crippen LogP contribution in [0.1, 0.15) is 37.8 Å². The van der Waals surface area contributed by atoms with Gasteiger partial charge in [-0.2, -0.15) is 0 Å². The highest BCUT2D eigenvalue weighted by molar-refractivity contribution is 6.30. The summed E-state index contributed by atoms with van der Waals surface area (Å²) >= 11 is 5.91. The van der Waals surface area contributed by atoms with Crippen molar-refractivity contribution in [2.45, 2.75) is 46.1 Å². The summed E-state index contributed by atoms with van der Waals surface area (Å²) in [6, 6.07) is 0. The molecular formula is C12H20ClN3O. The lowest BCUT2D eigenvalue weighted by molar-refractivity contribution is 0.251. The molecule has 1 aromatic heterocycles. The minimum Gasteiger partial charge on any atom is -0.396 e. The molecule has 5 heteroatoms. The van der Waals surface area contributed by atoms with Crippen molar-refractivity contribution in [3.05, 3.63) is 16.3 Å². The molecule has 4 nitrogen and oxygen atoms in total. The van der Waals surface area contributed by atoms with Crippen LogP contribution in [-0.4, -0.2) is 27.4 Å². The van der Waals surface area contributed by atoms with Gasteiger partial charge in [0, 0.05) is 12.1 Å². The van der Waals surface area contributed by atoms with E-state index >= 15 is 0 Å². The highest BCUT2D eigenvalue weighted by Gasteiger charge is 2.23. The fourth-order valence-corrected chi connectivity index (χ4v) is 1.73. The third-order valence-electron chi connectivity index (χ3n) is 3.33. The second-order valence-corrected chi connectivity index (χ2v) is 4.96. The Bertz CT molecular complexity index is 398. The average Bonchev–Trinajstić information content (AvgIpc) is 2.30. The first-order valence-corrected chi connectivity index (χ1v) is 6.19. The van der Waals surface area contributed by atoms with Crippen molar-refractivity contribution in [2.24, 2.45) is 0 Å². The molecule has 0 aliphatic carbocycles. The van der Waals surface area contributed by atoms with E-state index < -0.39 is 0 Å². The zero-order chi connectivity index (χ0) is 13.1. The summed E-state index contributed by atoms with van der Waals surface area (Å²) in [6.45, 7) is 8.18. The lowest BCUT2D eigenvalue weighted by Crippen LogP contribution is -2.36. The Balaban J connectivity index is 2.98. The van der Waals surface area contributed by atoms with Crippen LogP contribution in [0.25, 0.3) is 0 Å². The fraction of sp³-hybridized carbons (Fsp3) is 0.667. The van der Waals surface area contributed by atoms with Crippen LogP contribution in [0.3, 0.4) is 0 Å². The van der Waals surface area contributed by atoms with Crippen LogP contribution < -0.4 is 5.32 Å². The second-order valence-electron chi connectivity index (χ2n) is 4.60. The van der Waals surface area contributed by atoms with Gasteiger partial charge in [0.05, 0.1) is 0 Å². The van der Waals surface area contributed by atoms with E-state index in [1.807, 2.05) is 13.8 Å². The molecule has 0 amide bonds. The summed E-state index contributed by atoms with van der Waals surface area (Å²) in [6.07, 6.45) is 1.57. The first-order chi connectivity index (χ1) is 7.93. The number of nitrogens with zero attached hydrogens (tertiary/aromatic N) is 2. The van der Waals surface area contributed by atoms with Crippen LogP contribution in [0.5, 0.6) is 0 Å². The van der Waals surface area contributed by atoms with Crippen LogP contribution in [-0.2, 0) is 0 Å². The van der Waals surface area contributed by atoms with Gasteiger partial charge in [0.25, 0.3) is 0 Å². The normalized spacial score (nSPS) is 14.5. The van der Waals surface area contributed by atoms with Crippen LogP contribution >= 0.6 is 11.6 Å². The molecule has 0 fully saturated rings. The average molecular weight is 258 g/mol. The van der Waals surface area contributed by atoms with E-state index in [0.29, 0.717) is 11.6 Å². The maximum Gasteiger partial charge on any atom is 0.155 e. The zero-order valence-electron chi connectivity index (χ0n) is 10.8. The highest BCUT2D eigenvalue weighted by atomic mass is 35.5. The predicted octanol–water partition coefficient (Wildman–Crippen LogP) is 2.71. The highest BCUT2D eigenvalue weighted by Crippen LogP contribution is 2.25. The number of aromatic nitrogens is 2. The second kappa shape index (κ2) is 5.65. The maximum absolute atomic E-state index is 9.08. The lowest BCUT2D eigenvalue weighted by atomic mass is 9.94. The van der Waals surface area contributed by atoms with Gasteiger partial charge in [0.15, 0.2) is 11.0 Å². The van der Waals surface area contributed by atoms with Crippen LogP contribution in [0.4, 0.5) is 5.82 Å². The topological polar surface area (TPSA) is 58.0 Å². The van der Waals surface area contributed by atoms with E-state index in [0.717, 1.165) is 23.4 Å². The number of aliphatic hydroxyl groups is 1. The Morgan fingerprint density at radius 3 is 2.47 bits per heavy atom. The molecule has 1 aromatic rings. The van der Waals surface area contributed by atoms with Gasteiger partial charge in [-0.25, -0.2) is 0 Å². The van der Waals surface area contributed by atoms with E-state index in [1.54, 1.807) is 0 Å². The largest absolute Gasteiger partial charge is 0.396 e. The molecular weight excluding hydrogens is 238 g/mol. The molecule has 0 aromatic carbocycles. The summed E-state index contributed by atoms with van der Waals surface area (Å²) in [5.74, 6) is 0.740. The van der Waals surface area contributed by atoms with Crippen molar-refractivity contribution in [1.29, 1.82) is 0 Å². The number of aliphatic hydroxyl groups excluding tert-OH is 1. The monoisotopic (exact) mass is 257 g/mol. The molecule has 1 heterocycles. The van der Waals surface area contributed by atoms with E-state index in [2.05, 4.69) is 29.4 Å². The molecule has 0 saturated carbocycles. The van der Waals surface area contributed by atoms with Gasteiger partial charge in [-0.15, -0.1) is 10.2 Å². The molecule has 0 radical (unpaired) electrons. The van der Waals surface area contributed by atoms with Gasteiger partial charge in [0.2, 0.25) is 0 Å². The number of nitrogens with one attached hydrogen (secondary N) is 1. The number of halogens is 1. The summed E-state index contributed by atoms with van der Waals surface area (Å²) < 4.78 is 0. The first-order valence-electron chi connectivity index (χ1n) is 5.82. The van der Waals surface area contributed by atoms with Crippen molar-refractivity contribution in [3.63, 3.8) is 0 Å². The van der Waals surface area contributed by atoms with Gasteiger partial charge < -0.3 is 10.4 Å². The molecule has 0 aliphatic heterocycles. The molecule has 1 rings (SSSR count). The van der Waals surface area contributed by atoms with Crippen LogP contribution in [0.2, 0.25) is 5.15 Å². The van der Waals surface area contributed by atoms with Gasteiger partial charge >= 0.3 is 0 Å². The molecule has 1 unspecified atom stereocenters. The predicted molar refractivity (Wildman–Crippen MR) is 70.5 cm³/mol. The zero-order valence-corrected chi connectivity index (χ0v) is 11.6. The summed E-state index contributed by atoms with van der Waals surface area (Å²) in [5.41, 5.74) is 1.77. The molecule has 0 spiro atoms. The van der Waals surface area contributed by atoms with Gasteiger partial charge in [-0.3, -0.25) is 0 Å². The van der Waals surface area contributed by atoms with Gasteiger partial charge in [-0.1, -0.05) is 18.5 Å². The fourth-order valence-electron chi connectivity index (χ4n) is 1.56. The maximum atomic E-state index is 9.08. The van der Waals surface area contributed by atoms with E-state index in [1.165, 1.54) is 0 Å². The first kappa shape index (κ1) is 14.2. The van der Waals surface area contributed by atoms with Crippen LogP contribution in [0.15, 0.2) is 0 Å². The van der Waals surface area contributed by atoms with Crippen molar-refractivity contribution in [2.75, 3.05) is 11.9 Å². The Morgan fingerprint density at radius 1 is 1.29 bits per heavy atom. The molecule has 0 bridgehead atoms. The quantitative estimate of drug-likeness (QED) is 0.852.